The molecular weight excluding hydrogens is 514 g/mol. The van der Waals surface area contributed by atoms with E-state index in [2.05, 4.69) is 15.9 Å². The Balaban J connectivity index is 1.75. The average molecular weight is 542 g/mol. The molecule has 0 aliphatic carbocycles. The van der Waals surface area contributed by atoms with E-state index >= 15 is 0 Å². The number of ether oxygens (including phenoxy) is 4. The molecule has 0 aromatic heterocycles. The summed E-state index contributed by atoms with van der Waals surface area (Å²) in [5, 5.41) is 19.8. The van der Waals surface area contributed by atoms with Crippen LogP contribution >= 0.6 is 15.9 Å². The number of nitrogens with zero attached hydrogens (tertiary/aromatic N) is 1. The summed E-state index contributed by atoms with van der Waals surface area (Å²) < 4.78 is 21.4. The summed E-state index contributed by atoms with van der Waals surface area (Å²) in [6.45, 7) is 0.299. The number of aliphatic hydroxyl groups is 2. The number of benzene rings is 1. The second kappa shape index (κ2) is 12.0. The molecule has 11 heteroatoms. The molecule has 0 radical (unpaired) electrons. The number of carbonyl (C=O) groups excluding carboxylic acids is 3. The maximum atomic E-state index is 13.4. The topological polar surface area (TPSA) is 132 Å². The van der Waals surface area contributed by atoms with E-state index < -0.39 is 41.8 Å². The van der Waals surface area contributed by atoms with E-state index in [9.17, 15) is 19.5 Å². The molecule has 2 aliphatic heterocycles. The number of hydrogen-bond donors (Lipinski definition) is 2. The minimum absolute atomic E-state index is 0.0125. The summed E-state index contributed by atoms with van der Waals surface area (Å²) in [6, 6.07) is 8.74. The van der Waals surface area contributed by atoms with Crippen LogP contribution in [0.15, 0.2) is 40.9 Å². The molecule has 2 aliphatic rings. The fraction of sp³-hybridized carbons (Fsp3) is 0.522. The molecule has 0 bridgehead atoms. The smallest absolute Gasteiger partial charge is 0.417 e. The number of methoxy groups -OCH3 is 1. The second-order valence-corrected chi connectivity index (χ2v) is 8.80. The third kappa shape index (κ3) is 6.09. The Hall–Kier alpha value is -2.15. The van der Waals surface area contributed by atoms with Gasteiger partial charge >= 0.3 is 6.09 Å². The van der Waals surface area contributed by atoms with Gasteiger partial charge < -0.3 is 29.2 Å². The van der Waals surface area contributed by atoms with Crippen molar-refractivity contribution >= 4 is 33.7 Å². The molecule has 2 N–H and O–H groups in total. The standard InChI is InChI=1S/C23H28BrNO9/c1-31-20(19-17(27)13-18(24)23(30,34-19)8-5-10-32-11-9-26)21(28)25-16(14-33-22(25)29)12-15-6-3-2-4-7-15/h2-4,6-7,13,16,19-20,26,30H,5,8-12,14H2,1H3/t16-,19-,20-,23+/m0/s1. The molecule has 0 spiro atoms. The number of ketones is 1. The van der Waals surface area contributed by atoms with Crippen molar-refractivity contribution in [3.8, 4) is 0 Å². The van der Waals surface area contributed by atoms with Crippen molar-refractivity contribution in [2.24, 2.45) is 0 Å². The summed E-state index contributed by atoms with van der Waals surface area (Å²) in [6.07, 6.45) is -1.87. The van der Waals surface area contributed by atoms with E-state index in [-0.39, 0.29) is 37.3 Å². The molecular formula is C23H28BrNO9. The molecule has 1 saturated heterocycles. The van der Waals surface area contributed by atoms with E-state index in [1.165, 1.54) is 7.11 Å². The molecule has 1 fully saturated rings. The predicted molar refractivity (Wildman–Crippen MR) is 122 cm³/mol. The van der Waals surface area contributed by atoms with E-state index in [0.29, 0.717) is 12.8 Å². The first kappa shape index (κ1) is 26.5. The van der Waals surface area contributed by atoms with Crippen molar-refractivity contribution in [3.63, 3.8) is 0 Å². The molecule has 1 aromatic carbocycles. The summed E-state index contributed by atoms with van der Waals surface area (Å²) in [4.78, 5) is 39.4. The van der Waals surface area contributed by atoms with E-state index in [1.54, 1.807) is 0 Å². The monoisotopic (exact) mass is 541 g/mol. The lowest BCUT2D eigenvalue weighted by atomic mass is 9.99. The highest BCUT2D eigenvalue weighted by molar-refractivity contribution is 9.11. The number of cyclic esters (lactones) is 1. The highest BCUT2D eigenvalue weighted by Crippen LogP contribution is 2.36. The van der Waals surface area contributed by atoms with Gasteiger partial charge in [0.15, 0.2) is 23.8 Å². The van der Waals surface area contributed by atoms with Crippen molar-refractivity contribution in [2.75, 3.05) is 33.5 Å². The van der Waals surface area contributed by atoms with Gasteiger partial charge in [0, 0.05) is 20.1 Å². The molecule has 10 nitrogen and oxygen atoms in total. The number of carbonyl (C=O) groups is 3. The van der Waals surface area contributed by atoms with Crippen LogP contribution in [0.4, 0.5) is 4.79 Å². The molecule has 2 heterocycles. The van der Waals surface area contributed by atoms with Crippen LogP contribution in [-0.2, 0) is 35.0 Å². The first-order valence-electron chi connectivity index (χ1n) is 10.9. The van der Waals surface area contributed by atoms with Crippen LogP contribution in [0.2, 0.25) is 0 Å². The highest BCUT2D eigenvalue weighted by Gasteiger charge is 2.50. The van der Waals surface area contributed by atoms with Gasteiger partial charge in [0.1, 0.15) is 6.61 Å². The Morgan fingerprint density at radius 1 is 1.29 bits per heavy atom. The van der Waals surface area contributed by atoms with Crippen LogP contribution in [0.25, 0.3) is 0 Å². The van der Waals surface area contributed by atoms with E-state index in [0.717, 1.165) is 16.5 Å². The van der Waals surface area contributed by atoms with Gasteiger partial charge in [-0.15, -0.1) is 0 Å². The largest absolute Gasteiger partial charge is 0.447 e. The molecule has 34 heavy (non-hydrogen) atoms. The van der Waals surface area contributed by atoms with E-state index in [1.807, 2.05) is 30.3 Å². The van der Waals surface area contributed by atoms with Crippen LogP contribution in [0.1, 0.15) is 18.4 Å². The van der Waals surface area contributed by atoms with Gasteiger partial charge in [0.05, 0.1) is 23.7 Å². The summed E-state index contributed by atoms with van der Waals surface area (Å²) >= 11 is 3.17. The number of rotatable bonds is 11. The van der Waals surface area contributed by atoms with Gasteiger partial charge in [-0.1, -0.05) is 30.3 Å². The lowest BCUT2D eigenvalue weighted by molar-refractivity contribution is -0.227. The Morgan fingerprint density at radius 3 is 2.71 bits per heavy atom. The molecule has 2 amide bonds. The van der Waals surface area contributed by atoms with Gasteiger partial charge in [0.2, 0.25) is 0 Å². The Morgan fingerprint density at radius 2 is 2.03 bits per heavy atom. The third-order valence-electron chi connectivity index (χ3n) is 5.57. The first-order valence-corrected chi connectivity index (χ1v) is 11.7. The number of aliphatic hydroxyl groups excluding tert-OH is 1. The summed E-state index contributed by atoms with van der Waals surface area (Å²) in [7, 11) is 1.22. The maximum Gasteiger partial charge on any atom is 0.417 e. The Labute approximate surface area is 205 Å². The number of imide groups is 1. The van der Waals surface area contributed by atoms with Crippen molar-refractivity contribution in [1.29, 1.82) is 0 Å². The SMILES string of the molecule is CO[C@H](C(=O)N1C(=O)OC[C@@H]1Cc1ccccc1)[C@H]1O[C@](O)(CCCOCCO)C(Br)=CC1=O. The molecule has 186 valence electrons. The highest BCUT2D eigenvalue weighted by atomic mass is 79.9. The Kier molecular flexibility index (Phi) is 9.34. The van der Waals surface area contributed by atoms with E-state index in [4.69, 9.17) is 24.1 Å². The van der Waals surface area contributed by atoms with Crippen LogP contribution in [-0.4, -0.2) is 90.5 Å². The first-order chi connectivity index (χ1) is 16.3. The maximum absolute atomic E-state index is 13.4. The van der Waals surface area contributed by atoms with Crippen molar-refractivity contribution < 1.29 is 43.5 Å². The number of halogens is 1. The van der Waals surface area contributed by atoms with Crippen molar-refractivity contribution in [2.45, 2.75) is 43.3 Å². The van der Waals surface area contributed by atoms with Gasteiger partial charge in [-0.25, -0.2) is 9.69 Å². The average Bonchev–Trinajstić information content (AvgIpc) is 3.18. The Bertz CT molecular complexity index is 909. The summed E-state index contributed by atoms with van der Waals surface area (Å²) in [5.41, 5.74) is 0.909. The predicted octanol–water partition coefficient (Wildman–Crippen LogP) is 1.32. The molecule has 4 atom stereocenters. The van der Waals surface area contributed by atoms with Gasteiger partial charge in [-0.05, 0) is 40.4 Å². The molecule has 3 rings (SSSR count). The van der Waals surface area contributed by atoms with Gasteiger partial charge in [-0.3, -0.25) is 9.59 Å². The summed E-state index contributed by atoms with van der Waals surface area (Å²) in [5.74, 6) is -3.28. The minimum Gasteiger partial charge on any atom is -0.447 e. The zero-order valence-corrected chi connectivity index (χ0v) is 20.3. The molecule has 1 aromatic rings. The number of amides is 2. The quantitative estimate of drug-likeness (QED) is 0.398. The molecule has 0 saturated carbocycles. The second-order valence-electron chi connectivity index (χ2n) is 7.94. The lowest BCUT2D eigenvalue weighted by Gasteiger charge is -2.38. The van der Waals surface area contributed by atoms with Crippen LogP contribution in [0.3, 0.4) is 0 Å². The van der Waals surface area contributed by atoms with Gasteiger partial charge in [0.25, 0.3) is 5.91 Å². The normalized spacial score (nSPS) is 25.8. The van der Waals surface area contributed by atoms with Crippen LogP contribution < -0.4 is 0 Å². The zero-order valence-electron chi connectivity index (χ0n) is 18.7. The fourth-order valence-corrected chi connectivity index (χ4v) is 4.39. The minimum atomic E-state index is -1.90. The van der Waals surface area contributed by atoms with Gasteiger partial charge in [-0.2, -0.15) is 0 Å². The zero-order chi connectivity index (χ0) is 24.7. The fourth-order valence-electron chi connectivity index (χ4n) is 3.87. The lowest BCUT2D eigenvalue weighted by Crippen LogP contribution is -2.56. The number of hydrogen-bond acceptors (Lipinski definition) is 9. The van der Waals surface area contributed by atoms with Crippen LogP contribution in [0.5, 0.6) is 0 Å². The third-order valence-corrected chi connectivity index (χ3v) is 6.42. The van der Waals surface area contributed by atoms with Crippen LogP contribution in [0, 0.1) is 0 Å². The molecule has 0 unspecified atom stereocenters. The van der Waals surface area contributed by atoms with Crippen molar-refractivity contribution in [3.05, 3.63) is 46.5 Å². The van der Waals surface area contributed by atoms with Crippen molar-refractivity contribution in [1.82, 2.24) is 4.90 Å².